The van der Waals surface area contributed by atoms with Crippen LogP contribution in [0.5, 0.6) is 0 Å². The number of hydrogen-bond donors (Lipinski definition) is 5. The quantitative estimate of drug-likeness (QED) is 0.164. The van der Waals surface area contributed by atoms with Crippen molar-refractivity contribution in [1.82, 2.24) is 15.5 Å². The Bertz CT molecular complexity index is 1060. The van der Waals surface area contributed by atoms with Gasteiger partial charge in [-0.15, -0.1) is 0 Å². The number of nitrogens with zero attached hydrogens (tertiary/aromatic N) is 3. The van der Waals surface area contributed by atoms with Crippen LogP contribution in [0, 0.1) is 11.3 Å². The Morgan fingerprint density at radius 2 is 1.91 bits per heavy atom. The van der Waals surface area contributed by atoms with Gasteiger partial charge in [-0.05, 0) is 38.0 Å². The molecule has 1 aliphatic heterocycles. The highest BCUT2D eigenvalue weighted by Gasteiger charge is 2.22. The molecule has 8 N–H and O–H groups in total. The lowest BCUT2D eigenvalue weighted by Crippen LogP contribution is -2.47. The minimum atomic E-state index is -0.665. The third-order valence-corrected chi connectivity index (χ3v) is 5.69. The first kappa shape index (κ1) is 26.4. The van der Waals surface area contributed by atoms with Crippen LogP contribution in [0.2, 0.25) is 0 Å². The summed E-state index contributed by atoms with van der Waals surface area (Å²) in [6.07, 6.45) is 1.30. The molecular weight excluding hydrogens is 432 g/mol. The second-order valence-electron chi connectivity index (χ2n) is 8.60. The van der Waals surface area contributed by atoms with Gasteiger partial charge in [0.2, 0.25) is 0 Å². The average molecular weight is 467 g/mol. The number of rotatable bonds is 7. The predicted molar refractivity (Wildman–Crippen MR) is 132 cm³/mol. The first-order chi connectivity index (χ1) is 16.0. The summed E-state index contributed by atoms with van der Waals surface area (Å²) >= 11 is 0. The van der Waals surface area contributed by atoms with Gasteiger partial charge < -0.3 is 32.7 Å². The zero-order chi connectivity index (χ0) is 25.5. The zero-order valence-electron chi connectivity index (χ0n) is 20.2. The molecule has 1 fully saturated rings. The van der Waals surface area contributed by atoms with Gasteiger partial charge in [0.05, 0.1) is 23.2 Å². The van der Waals surface area contributed by atoms with Crippen molar-refractivity contribution in [2.24, 2.45) is 22.2 Å². The molecule has 2 amide bonds. The third kappa shape index (κ3) is 6.36. The number of piperazine rings is 1. The first-order valence-electron chi connectivity index (χ1n) is 11.1. The van der Waals surface area contributed by atoms with Crippen LogP contribution in [-0.2, 0) is 15.0 Å². The van der Waals surface area contributed by atoms with E-state index < -0.39 is 17.4 Å². The van der Waals surface area contributed by atoms with Crippen molar-refractivity contribution in [2.45, 2.75) is 32.2 Å². The Labute approximate surface area is 200 Å². The molecular formula is C24H34N8O2. The first-order valence-corrected chi connectivity index (χ1v) is 11.1. The van der Waals surface area contributed by atoms with E-state index in [9.17, 15) is 14.9 Å². The van der Waals surface area contributed by atoms with Gasteiger partial charge in [0.1, 0.15) is 11.5 Å². The molecule has 1 aromatic rings. The molecule has 10 nitrogen and oxygen atoms in total. The standard InChI is InChI=1S/C24H34N8O2/c1-15(16-6-5-7-17(12-16)24(2,3)14-25)31-21(28)18(20(27)22(33)29-4)13-19(26)23(34)32-10-8-30-9-11-32/h5-7,12-13,15,30H,8-11,26-27H2,1-4H3,(H2,28,31)(H,29,33)/b19-13-,20-18+/t15-/m1/s1. The number of nitriles is 1. The van der Waals surface area contributed by atoms with Crippen LogP contribution in [0.1, 0.15) is 37.9 Å². The molecule has 0 unspecified atom stereocenters. The molecule has 0 aromatic heterocycles. The van der Waals surface area contributed by atoms with Crippen LogP contribution in [0.15, 0.2) is 52.3 Å². The Morgan fingerprint density at radius 3 is 2.50 bits per heavy atom. The van der Waals surface area contributed by atoms with Gasteiger partial charge in [-0.3, -0.25) is 14.6 Å². The third-order valence-electron chi connectivity index (χ3n) is 5.69. The number of nitrogens with one attached hydrogen (secondary N) is 2. The highest BCUT2D eigenvalue weighted by atomic mass is 16.2. The van der Waals surface area contributed by atoms with Crippen LogP contribution in [-0.4, -0.2) is 55.8 Å². The lowest BCUT2D eigenvalue weighted by molar-refractivity contribution is -0.127. The van der Waals surface area contributed by atoms with E-state index in [1.54, 1.807) is 4.90 Å². The minimum Gasteiger partial charge on any atom is -0.394 e. The fraction of sp³-hybridized carbons (Fsp3) is 0.417. The van der Waals surface area contributed by atoms with E-state index in [0.29, 0.717) is 26.2 Å². The Morgan fingerprint density at radius 1 is 1.26 bits per heavy atom. The predicted octanol–water partition coefficient (Wildman–Crippen LogP) is 0.139. The zero-order valence-corrected chi connectivity index (χ0v) is 20.2. The second kappa shape index (κ2) is 11.3. The normalized spacial score (nSPS) is 16.9. The fourth-order valence-electron chi connectivity index (χ4n) is 3.42. The maximum atomic E-state index is 12.8. The Balaban J connectivity index is 2.44. The molecule has 1 atom stereocenters. The van der Waals surface area contributed by atoms with Crippen molar-refractivity contribution in [1.29, 1.82) is 5.26 Å². The molecule has 182 valence electrons. The number of carbonyl (C=O) groups is 2. The monoisotopic (exact) mass is 466 g/mol. The van der Waals surface area contributed by atoms with Crippen molar-refractivity contribution in [2.75, 3.05) is 33.2 Å². The molecule has 0 saturated carbocycles. The number of carbonyl (C=O) groups excluding carboxylic acids is 2. The molecule has 10 heteroatoms. The molecule has 0 radical (unpaired) electrons. The van der Waals surface area contributed by atoms with Gasteiger partial charge >= 0.3 is 0 Å². The summed E-state index contributed by atoms with van der Waals surface area (Å²) in [5.41, 5.74) is 19.2. The number of benzene rings is 1. The summed E-state index contributed by atoms with van der Waals surface area (Å²) in [6, 6.07) is 9.38. The molecule has 1 aromatic carbocycles. The lowest BCUT2D eigenvalue weighted by Gasteiger charge is -2.27. The van der Waals surface area contributed by atoms with Crippen LogP contribution >= 0.6 is 0 Å². The van der Waals surface area contributed by atoms with E-state index in [-0.39, 0.29) is 28.7 Å². The van der Waals surface area contributed by atoms with Crippen LogP contribution < -0.4 is 27.8 Å². The highest BCUT2D eigenvalue weighted by molar-refractivity contribution is 6.09. The van der Waals surface area contributed by atoms with Crippen molar-refractivity contribution in [3.05, 3.63) is 58.4 Å². The highest BCUT2D eigenvalue weighted by Crippen LogP contribution is 2.26. The summed E-state index contributed by atoms with van der Waals surface area (Å²) in [7, 11) is 1.43. The van der Waals surface area contributed by atoms with Gasteiger partial charge in [-0.25, -0.2) is 0 Å². The van der Waals surface area contributed by atoms with E-state index in [4.69, 9.17) is 17.2 Å². The molecule has 34 heavy (non-hydrogen) atoms. The van der Waals surface area contributed by atoms with Crippen molar-refractivity contribution >= 4 is 17.6 Å². The van der Waals surface area contributed by atoms with Gasteiger partial charge in [-0.1, -0.05) is 24.3 Å². The topological polar surface area (TPSA) is 176 Å². The van der Waals surface area contributed by atoms with E-state index in [2.05, 4.69) is 21.7 Å². The van der Waals surface area contributed by atoms with E-state index in [0.717, 1.165) is 11.1 Å². The maximum absolute atomic E-state index is 12.8. The van der Waals surface area contributed by atoms with Crippen molar-refractivity contribution < 1.29 is 9.59 Å². The van der Waals surface area contributed by atoms with Gasteiger partial charge in [0.25, 0.3) is 11.8 Å². The van der Waals surface area contributed by atoms with Crippen molar-refractivity contribution in [3.8, 4) is 6.07 Å². The Kier molecular flexibility index (Phi) is 8.81. The number of likely N-dealkylation sites (N-methyl/N-ethyl adjacent to an activating group) is 1. The van der Waals surface area contributed by atoms with Gasteiger partial charge in [0.15, 0.2) is 0 Å². The van der Waals surface area contributed by atoms with Crippen LogP contribution in [0.4, 0.5) is 0 Å². The lowest BCUT2D eigenvalue weighted by atomic mass is 9.85. The maximum Gasteiger partial charge on any atom is 0.269 e. The number of hydrogen-bond acceptors (Lipinski definition) is 7. The van der Waals surface area contributed by atoms with E-state index in [1.165, 1.54) is 13.1 Å². The van der Waals surface area contributed by atoms with Crippen LogP contribution in [0.3, 0.4) is 0 Å². The summed E-state index contributed by atoms with van der Waals surface area (Å²) in [6.45, 7) is 7.89. The average Bonchev–Trinajstić information content (AvgIpc) is 2.86. The second-order valence-corrected chi connectivity index (χ2v) is 8.60. The molecule has 0 aliphatic carbocycles. The Hall–Kier alpha value is -3.84. The van der Waals surface area contributed by atoms with Crippen LogP contribution in [0.25, 0.3) is 0 Å². The SMILES string of the molecule is CNC(=O)/C(N)=C(/C=C(\N)C(=O)N1CCNCC1)C(N)=N[C@H](C)c1cccc(C(C)(C)C#N)c1. The molecule has 1 aliphatic rings. The van der Waals surface area contributed by atoms with E-state index >= 15 is 0 Å². The smallest absolute Gasteiger partial charge is 0.269 e. The largest absolute Gasteiger partial charge is 0.394 e. The summed E-state index contributed by atoms with van der Waals surface area (Å²) in [5, 5.41) is 15.1. The molecule has 0 bridgehead atoms. The molecule has 1 heterocycles. The molecule has 2 rings (SSSR count). The van der Waals surface area contributed by atoms with E-state index in [1.807, 2.05) is 45.0 Å². The van der Waals surface area contributed by atoms with Gasteiger partial charge in [-0.2, -0.15) is 5.26 Å². The number of aliphatic imine (C=N–C) groups is 1. The number of amidine groups is 1. The fourth-order valence-corrected chi connectivity index (χ4v) is 3.42. The number of amides is 2. The summed E-state index contributed by atoms with van der Waals surface area (Å²) in [5.74, 6) is -0.970. The van der Waals surface area contributed by atoms with Crippen molar-refractivity contribution in [3.63, 3.8) is 0 Å². The summed E-state index contributed by atoms with van der Waals surface area (Å²) < 4.78 is 0. The molecule has 1 saturated heterocycles. The van der Waals surface area contributed by atoms with Gasteiger partial charge in [0, 0.05) is 38.8 Å². The molecule has 0 spiro atoms. The minimum absolute atomic E-state index is 0.0328. The summed E-state index contributed by atoms with van der Waals surface area (Å²) in [4.78, 5) is 31.1. The number of nitrogens with two attached hydrogens (primary N) is 3.